The summed E-state index contributed by atoms with van der Waals surface area (Å²) >= 11 is 1.35. The molecule has 0 radical (unpaired) electrons. The Morgan fingerprint density at radius 2 is 2.06 bits per heavy atom. The molecule has 3 nitrogen and oxygen atoms in total. The van der Waals surface area contributed by atoms with Crippen LogP contribution in [0.5, 0.6) is 0 Å². The van der Waals surface area contributed by atoms with Gasteiger partial charge in [-0.05, 0) is 24.3 Å². The fourth-order valence-electron chi connectivity index (χ4n) is 1.39. The molecule has 0 saturated heterocycles. The van der Waals surface area contributed by atoms with Gasteiger partial charge in [-0.3, -0.25) is 4.39 Å². The Morgan fingerprint density at radius 3 is 2.71 bits per heavy atom. The fourth-order valence-corrected chi connectivity index (χ4v) is 1.94. The zero-order chi connectivity index (χ0) is 12.1. The number of alkyl halides is 1. The van der Waals surface area contributed by atoms with Gasteiger partial charge in [0.25, 0.3) is 0 Å². The normalized spacial score (nSPS) is 10.4. The summed E-state index contributed by atoms with van der Waals surface area (Å²) in [4.78, 5) is 0. The Balaban J connectivity index is 2.17. The third-order valence-corrected chi connectivity index (χ3v) is 3.02. The molecule has 0 aliphatic carbocycles. The van der Waals surface area contributed by atoms with Crippen molar-refractivity contribution in [2.45, 2.75) is 5.03 Å². The van der Waals surface area contributed by atoms with Gasteiger partial charge in [-0.1, -0.05) is 12.1 Å². The second-order valence-corrected chi connectivity index (χ2v) is 4.53. The smallest absolute Gasteiger partial charge is 0.119 e. The second kappa shape index (κ2) is 5.63. The van der Waals surface area contributed by atoms with E-state index in [9.17, 15) is 4.39 Å². The van der Waals surface area contributed by atoms with E-state index in [2.05, 4.69) is 10.2 Å². The number of aromatic nitrogens is 2. The first-order chi connectivity index (χ1) is 8.29. The molecular formula is C12H12FN3S. The van der Waals surface area contributed by atoms with E-state index in [1.165, 1.54) is 11.8 Å². The Kier molecular flexibility index (Phi) is 3.93. The van der Waals surface area contributed by atoms with Crippen LogP contribution in [0.2, 0.25) is 0 Å². The SMILES string of the molecule is Nc1cccc(-c2ccc(SCCF)nn2)c1. The van der Waals surface area contributed by atoms with Gasteiger partial charge in [-0.2, -0.15) is 0 Å². The summed E-state index contributed by atoms with van der Waals surface area (Å²) in [6.45, 7) is -0.358. The predicted octanol–water partition coefficient (Wildman–Crippen LogP) is 2.79. The molecule has 2 N–H and O–H groups in total. The van der Waals surface area contributed by atoms with Crippen molar-refractivity contribution in [1.29, 1.82) is 0 Å². The van der Waals surface area contributed by atoms with Crippen LogP contribution in [0.15, 0.2) is 41.4 Å². The highest BCUT2D eigenvalue weighted by molar-refractivity contribution is 7.99. The topological polar surface area (TPSA) is 51.8 Å². The van der Waals surface area contributed by atoms with Crippen LogP contribution in [-0.2, 0) is 0 Å². The number of rotatable bonds is 4. The second-order valence-electron chi connectivity index (χ2n) is 3.42. The molecule has 2 aromatic rings. The average molecular weight is 249 g/mol. The van der Waals surface area contributed by atoms with E-state index in [1.54, 1.807) is 0 Å². The van der Waals surface area contributed by atoms with Crippen LogP contribution in [0, 0.1) is 0 Å². The highest BCUT2D eigenvalue weighted by Gasteiger charge is 2.01. The molecule has 88 valence electrons. The molecule has 0 spiro atoms. The van der Waals surface area contributed by atoms with Crippen molar-refractivity contribution in [3.8, 4) is 11.3 Å². The maximum Gasteiger partial charge on any atom is 0.119 e. The maximum absolute atomic E-state index is 12.0. The van der Waals surface area contributed by atoms with Gasteiger partial charge in [-0.25, -0.2) is 0 Å². The van der Waals surface area contributed by atoms with E-state index in [0.717, 1.165) is 16.3 Å². The third kappa shape index (κ3) is 3.17. The largest absolute Gasteiger partial charge is 0.399 e. The van der Waals surface area contributed by atoms with Crippen LogP contribution in [-0.4, -0.2) is 22.6 Å². The molecule has 0 fully saturated rings. The molecule has 0 saturated carbocycles. The van der Waals surface area contributed by atoms with Crippen molar-refractivity contribution in [3.63, 3.8) is 0 Å². The van der Waals surface area contributed by atoms with Crippen LogP contribution in [0.3, 0.4) is 0 Å². The molecular weight excluding hydrogens is 237 g/mol. The molecule has 1 aromatic heterocycles. The van der Waals surface area contributed by atoms with Gasteiger partial charge in [0.15, 0.2) is 0 Å². The third-order valence-electron chi connectivity index (χ3n) is 2.15. The number of nitrogens with zero attached hydrogens (tertiary/aromatic N) is 2. The van der Waals surface area contributed by atoms with E-state index in [0.29, 0.717) is 11.4 Å². The molecule has 1 aromatic carbocycles. The monoisotopic (exact) mass is 249 g/mol. The van der Waals surface area contributed by atoms with E-state index in [-0.39, 0.29) is 6.67 Å². The van der Waals surface area contributed by atoms with Gasteiger partial charge in [0.05, 0.1) is 12.4 Å². The highest BCUT2D eigenvalue weighted by atomic mass is 32.2. The minimum Gasteiger partial charge on any atom is -0.399 e. The van der Waals surface area contributed by atoms with Crippen LogP contribution in [0.1, 0.15) is 0 Å². The summed E-state index contributed by atoms with van der Waals surface area (Å²) < 4.78 is 12.0. The number of nitrogens with two attached hydrogens (primary N) is 1. The maximum atomic E-state index is 12.0. The van der Waals surface area contributed by atoms with Gasteiger partial charge < -0.3 is 5.73 Å². The summed E-state index contributed by atoms with van der Waals surface area (Å²) in [6, 6.07) is 11.2. The van der Waals surface area contributed by atoms with Crippen molar-refractivity contribution in [3.05, 3.63) is 36.4 Å². The number of anilines is 1. The quantitative estimate of drug-likeness (QED) is 0.668. The minimum absolute atomic E-state index is 0.358. The summed E-state index contributed by atoms with van der Waals surface area (Å²) in [5, 5.41) is 8.85. The molecule has 0 aliphatic rings. The summed E-state index contributed by atoms with van der Waals surface area (Å²) in [5.74, 6) is 0.409. The van der Waals surface area contributed by atoms with E-state index >= 15 is 0 Å². The number of nitrogen functional groups attached to an aromatic ring is 1. The van der Waals surface area contributed by atoms with Crippen LogP contribution < -0.4 is 5.73 Å². The van der Waals surface area contributed by atoms with Crippen molar-refractivity contribution >= 4 is 17.4 Å². The van der Waals surface area contributed by atoms with Gasteiger partial charge in [0.2, 0.25) is 0 Å². The molecule has 1 heterocycles. The molecule has 5 heteroatoms. The van der Waals surface area contributed by atoms with Gasteiger partial charge in [0.1, 0.15) is 5.03 Å². The first kappa shape index (κ1) is 11.9. The number of hydrogen-bond donors (Lipinski definition) is 1. The average Bonchev–Trinajstić information content (AvgIpc) is 2.37. The Hall–Kier alpha value is -1.62. The van der Waals surface area contributed by atoms with E-state index < -0.39 is 0 Å². The van der Waals surface area contributed by atoms with Gasteiger partial charge in [-0.15, -0.1) is 22.0 Å². The zero-order valence-corrected chi connectivity index (χ0v) is 9.95. The Morgan fingerprint density at radius 1 is 1.18 bits per heavy atom. The van der Waals surface area contributed by atoms with Crippen LogP contribution in [0.25, 0.3) is 11.3 Å². The fraction of sp³-hybridized carbons (Fsp3) is 0.167. The van der Waals surface area contributed by atoms with Crippen molar-refractivity contribution in [2.75, 3.05) is 18.2 Å². The molecule has 0 unspecified atom stereocenters. The minimum atomic E-state index is -0.358. The lowest BCUT2D eigenvalue weighted by Gasteiger charge is -2.02. The van der Waals surface area contributed by atoms with Crippen molar-refractivity contribution < 1.29 is 4.39 Å². The molecule has 2 rings (SSSR count). The van der Waals surface area contributed by atoms with Gasteiger partial charge in [0, 0.05) is 17.0 Å². The standard InChI is InChI=1S/C12H12FN3S/c13-6-7-17-12-5-4-11(15-16-12)9-2-1-3-10(14)8-9/h1-5,8H,6-7,14H2. The van der Waals surface area contributed by atoms with Crippen molar-refractivity contribution in [2.24, 2.45) is 0 Å². The molecule has 0 atom stereocenters. The van der Waals surface area contributed by atoms with Crippen LogP contribution in [0.4, 0.5) is 10.1 Å². The lowest BCUT2D eigenvalue weighted by Crippen LogP contribution is -1.92. The molecule has 0 amide bonds. The Labute approximate surface area is 103 Å². The zero-order valence-electron chi connectivity index (χ0n) is 9.14. The van der Waals surface area contributed by atoms with E-state index in [4.69, 9.17) is 5.73 Å². The first-order valence-electron chi connectivity index (χ1n) is 5.18. The highest BCUT2D eigenvalue weighted by Crippen LogP contribution is 2.21. The van der Waals surface area contributed by atoms with E-state index in [1.807, 2.05) is 36.4 Å². The van der Waals surface area contributed by atoms with Crippen LogP contribution >= 0.6 is 11.8 Å². The molecule has 0 aliphatic heterocycles. The van der Waals surface area contributed by atoms with Gasteiger partial charge >= 0.3 is 0 Å². The molecule has 17 heavy (non-hydrogen) atoms. The Bertz CT molecular complexity index is 487. The summed E-state index contributed by atoms with van der Waals surface area (Å²) in [6.07, 6.45) is 0. The lowest BCUT2D eigenvalue weighted by atomic mass is 10.1. The first-order valence-corrected chi connectivity index (χ1v) is 6.16. The number of hydrogen-bond acceptors (Lipinski definition) is 4. The van der Waals surface area contributed by atoms with Crippen molar-refractivity contribution in [1.82, 2.24) is 10.2 Å². The number of benzene rings is 1. The predicted molar refractivity (Wildman–Crippen MR) is 68.6 cm³/mol. The summed E-state index contributed by atoms with van der Waals surface area (Å²) in [7, 11) is 0. The number of halogens is 1. The summed E-state index contributed by atoms with van der Waals surface area (Å²) in [5.41, 5.74) is 8.09. The number of thioether (sulfide) groups is 1. The lowest BCUT2D eigenvalue weighted by molar-refractivity contribution is 0.532. The molecule has 0 bridgehead atoms.